The van der Waals surface area contributed by atoms with E-state index in [0.29, 0.717) is 10.6 Å². The number of hydrogen-bond acceptors (Lipinski definition) is 2. The highest BCUT2D eigenvalue weighted by Crippen LogP contribution is 2.24. The van der Waals surface area contributed by atoms with Crippen LogP contribution in [0.2, 0.25) is 5.02 Å². The summed E-state index contributed by atoms with van der Waals surface area (Å²) in [5.74, 6) is 0.0341. The molecule has 20 heavy (non-hydrogen) atoms. The maximum absolute atomic E-state index is 12.8. The highest BCUT2D eigenvalue weighted by molar-refractivity contribution is 9.10. The van der Waals surface area contributed by atoms with Gasteiger partial charge in [0.05, 0.1) is 10.6 Å². The lowest BCUT2D eigenvalue weighted by Crippen LogP contribution is -2.49. The average molecular weight is 360 g/mol. The van der Waals surface area contributed by atoms with Gasteiger partial charge in [-0.1, -0.05) is 34.5 Å². The van der Waals surface area contributed by atoms with Crippen molar-refractivity contribution in [2.24, 2.45) is 0 Å². The minimum atomic E-state index is 0.0341. The maximum Gasteiger partial charge on any atom is 0.255 e. The van der Waals surface area contributed by atoms with Crippen molar-refractivity contribution in [1.82, 2.24) is 10.2 Å². The molecule has 5 heteroatoms. The first kappa shape index (κ1) is 15.8. The summed E-state index contributed by atoms with van der Waals surface area (Å²) in [6, 6.07) is 5.70. The van der Waals surface area contributed by atoms with Crippen LogP contribution in [0.15, 0.2) is 22.7 Å². The van der Waals surface area contributed by atoms with Gasteiger partial charge in [-0.3, -0.25) is 4.79 Å². The molecule has 1 atom stereocenters. The van der Waals surface area contributed by atoms with Gasteiger partial charge in [0.15, 0.2) is 0 Å². The van der Waals surface area contributed by atoms with Gasteiger partial charge in [-0.2, -0.15) is 0 Å². The molecule has 0 aliphatic carbocycles. The molecule has 1 fully saturated rings. The zero-order valence-corrected chi connectivity index (χ0v) is 14.0. The number of carbonyl (C=O) groups excluding carboxylic acids is 1. The summed E-state index contributed by atoms with van der Waals surface area (Å²) < 4.78 is 0.878. The molecule has 1 aromatic rings. The Morgan fingerprint density at radius 1 is 1.55 bits per heavy atom. The van der Waals surface area contributed by atoms with E-state index in [-0.39, 0.29) is 11.9 Å². The van der Waals surface area contributed by atoms with Crippen LogP contribution in [0.3, 0.4) is 0 Å². The molecular formula is C15H20BrClN2O. The Kier molecular flexibility index (Phi) is 5.87. The van der Waals surface area contributed by atoms with Gasteiger partial charge >= 0.3 is 0 Å². The number of benzene rings is 1. The van der Waals surface area contributed by atoms with Crippen molar-refractivity contribution >= 4 is 33.4 Å². The summed E-state index contributed by atoms with van der Waals surface area (Å²) >= 11 is 9.60. The molecule has 1 heterocycles. The van der Waals surface area contributed by atoms with E-state index in [0.717, 1.165) is 43.4 Å². The molecule has 1 saturated heterocycles. The van der Waals surface area contributed by atoms with Crippen LogP contribution in [0.4, 0.5) is 0 Å². The topological polar surface area (TPSA) is 32.3 Å². The lowest BCUT2D eigenvalue weighted by atomic mass is 10.0. The van der Waals surface area contributed by atoms with Gasteiger partial charge in [0, 0.05) is 23.6 Å². The molecule has 0 aromatic heterocycles. The third kappa shape index (κ3) is 3.74. The smallest absolute Gasteiger partial charge is 0.255 e. The van der Waals surface area contributed by atoms with Crippen molar-refractivity contribution < 1.29 is 4.79 Å². The number of halogens is 2. The quantitative estimate of drug-likeness (QED) is 0.889. The lowest BCUT2D eigenvalue weighted by Gasteiger charge is -2.35. The number of piperidine rings is 1. The summed E-state index contributed by atoms with van der Waals surface area (Å²) in [5.41, 5.74) is 0.583. The molecule has 2 rings (SSSR count). The maximum atomic E-state index is 12.8. The van der Waals surface area contributed by atoms with E-state index in [1.807, 2.05) is 17.0 Å². The first-order valence-electron chi connectivity index (χ1n) is 7.10. The second kappa shape index (κ2) is 7.43. The minimum Gasteiger partial charge on any atom is -0.334 e. The molecular weight excluding hydrogens is 340 g/mol. The molecule has 0 bridgehead atoms. The highest BCUT2D eigenvalue weighted by Gasteiger charge is 2.26. The Balaban J connectivity index is 2.23. The molecule has 1 aliphatic rings. The van der Waals surface area contributed by atoms with Crippen molar-refractivity contribution in [1.29, 1.82) is 0 Å². The predicted molar refractivity (Wildman–Crippen MR) is 86.4 cm³/mol. The molecule has 0 spiro atoms. The van der Waals surface area contributed by atoms with Crippen molar-refractivity contribution in [2.45, 2.75) is 32.2 Å². The van der Waals surface area contributed by atoms with Crippen LogP contribution in [0.1, 0.15) is 36.5 Å². The number of hydrogen-bond donors (Lipinski definition) is 1. The number of carbonyl (C=O) groups is 1. The van der Waals surface area contributed by atoms with Gasteiger partial charge < -0.3 is 10.2 Å². The molecule has 0 radical (unpaired) electrons. The fourth-order valence-corrected chi connectivity index (χ4v) is 3.17. The standard InChI is InChI=1S/C15H20BrClN2O/c1-2-8-19(12-4-3-7-18-10-12)15(20)13-9-11(16)5-6-14(13)17/h5-6,9,12,18H,2-4,7-8,10H2,1H3. The predicted octanol–water partition coefficient (Wildman–Crippen LogP) is 3.71. The van der Waals surface area contributed by atoms with Crippen LogP contribution in [0, 0.1) is 0 Å². The first-order chi connectivity index (χ1) is 9.63. The largest absolute Gasteiger partial charge is 0.334 e. The number of rotatable bonds is 4. The second-order valence-electron chi connectivity index (χ2n) is 5.12. The Labute approximate surface area is 133 Å². The van der Waals surface area contributed by atoms with Crippen LogP contribution in [0.5, 0.6) is 0 Å². The van der Waals surface area contributed by atoms with Gasteiger partial charge in [0.2, 0.25) is 0 Å². The Bertz CT molecular complexity index is 475. The summed E-state index contributed by atoms with van der Waals surface area (Å²) in [6.07, 6.45) is 3.13. The van der Waals surface area contributed by atoms with Gasteiger partial charge in [0.1, 0.15) is 0 Å². The third-order valence-electron chi connectivity index (χ3n) is 3.60. The fourth-order valence-electron chi connectivity index (χ4n) is 2.61. The zero-order chi connectivity index (χ0) is 14.5. The molecule has 1 amide bonds. The molecule has 3 nitrogen and oxygen atoms in total. The molecule has 1 aliphatic heterocycles. The molecule has 1 aromatic carbocycles. The number of nitrogens with zero attached hydrogens (tertiary/aromatic N) is 1. The van der Waals surface area contributed by atoms with E-state index in [2.05, 4.69) is 28.2 Å². The lowest BCUT2D eigenvalue weighted by molar-refractivity contribution is 0.0649. The Morgan fingerprint density at radius 3 is 3.00 bits per heavy atom. The summed E-state index contributed by atoms with van der Waals surface area (Å²) in [7, 11) is 0. The van der Waals surface area contributed by atoms with Crippen LogP contribution < -0.4 is 5.32 Å². The van der Waals surface area contributed by atoms with Gasteiger partial charge in [0.25, 0.3) is 5.91 Å². The highest BCUT2D eigenvalue weighted by atomic mass is 79.9. The average Bonchev–Trinajstić information content (AvgIpc) is 2.47. The SMILES string of the molecule is CCCN(C(=O)c1cc(Br)ccc1Cl)C1CCCNC1. The number of nitrogens with one attached hydrogen (secondary N) is 1. The van der Waals surface area contributed by atoms with Crippen molar-refractivity contribution in [3.8, 4) is 0 Å². The minimum absolute atomic E-state index is 0.0341. The van der Waals surface area contributed by atoms with Crippen LogP contribution >= 0.6 is 27.5 Å². The van der Waals surface area contributed by atoms with E-state index in [4.69, 9.17) is 11.6 Å². The van der Waals surface area contributed by atoms with E-state index in [9.17, 15) is 4.79 Å². The monoisotopic (exact) mass is 358 g/mol. The molecule has 1 N–H and O–H groups in total. The fraction of sp³-hybridized carbons (Fsp3) is 0.533. The normalized spacial score (nSPS) is 18.9. The first-order valence-corrected chi connectivity index (χ1v) is 8.27. The Morgan fingerprint density at radius 2 is 2.35 bits per heavy atom. The second-order valence-corrected chi connectivity index (χ2v) is 6.45. The molecule has 0 saturated carbocycles. The van der Waals surface area contributed by atoms with Gasteiger partial charge in [-0.05, 0) is 44.0 Å². The van der Waals surface area contributed by atoms with E-state index < -0.39 is 0 Å². The van der Waals surface area contributed by atoms with Crippen molar-refractivity contribution in [3.63, 3.8) is 0 Å². The summed E-state index contributed by atoms with van der Waals surface area (Å²) in [6.45, 7) is 4.78. The van der Waals surface area contributed by atoms with E-state index in [1.165, 1.54) is 0 Å². The van der Waals surface area contributed by atoms with Crippen molar-refractivity contribution in [3.05, 3.63) is 33.3 Å². The van der Waals surface area contributed by atoms with E-state index in [1.54, 1.807) is 6.07 Å². The van der Waals surface area contributed by atoms with E-state index >= 15 is 0 Å². The van der Waals surface area contributed by atoms with Gasteiger partial charge in [-0.15, -0.1) is 0 Å². The van der Waals surface area contributed by atoms with Crippen molar-refractivity contribution in [2.75, 3.05) is 19.6 Å². The number of amides is 1. The zero-order valence-electron chi connectivity index (χ0n) is 11.7. The molecule has 1 unspecified atom stereocenters. The van der Waals surface area contributed by atoms with Crippen LogP contribution in [0.25, 0.3) is 0 Å². The Hall–Kier alpha value is -0.580. The van der Waals surface area contributed by atoms with Gasteiger partial charge in [-0.25, -0.2) is 0 Å². The van der Waals surface area contributed by atoms with Crippen LogP contribution in [-0.4, -0.2) is 36.5 Å². The third-order valence-corrected chi connectivity index (χ3v) is 4.42. The molecule has 110 valence electrons. The van der Waals surface area contributed by atoms with Crippen LogP contribution in [-0.2, 0) is 0 Å². The summed E-state index contributed by atoms with van der Waals surface area (Å²) in [5, 5.41) is 3.89. The summed E-state index contributed by atoms with van der Waals surface area (Å²) in [4.78, 5) is 14.8.